The number of carboxylic acids is 1. The Morgan fingerprint density at radius 3 is 1.69 bits per heavy atom. The number of carbonyl (C=O) groups is 5. The van der Waals surface area contributed by atoms with Gasteiger partial charge in [-0.2, -0.15) is 0 Å². The van der Waals surface area contributed by atoms with Crippen molar-refractivity contribution >= 4 is 57.4 Å². The number of amides is 4. The minimum atomic E-state index is -1.30. The minimum Gasteiger partial charge on any atom is -0.480 e. The number of guanidine groups is 1. The van der Waals surface area contributed by atoms with Gasteiger partial charge in [0.05, 0.1) is 6.04 Å². The van der Waals surface area contributed by atoms with Gasteiger partial charge in [0.25, 0.3) is 0 Å². The Labute approximate surface area is 281 Å². The summed E-state index contributed by atoms with van der Waals surface area (Å²) in [6.45, 7) is 0.161. The number of aromatic nitrogens is 2. The summed E-state index contributed by atoms with van der Waals surface area (Å²) in [4.78, 5) is 74.4. The largest absolute Gasteiger partial charge is 0.480 e. The summed E-state index contributed by atoms with van der Waals surface area (Å²) in [5.74, 6) is -4.18. The highest BCUT2D eigenvalue weighted by Gasteiger charge is 2.31. The van der Waals surface area contributed by atoms with E-state index in [1.807, 2.05) is 48.5 Å². The number of para-hydroxylation sites is 2. The van der Waals surface area contributed by atoms with E-state index < -0.39 is 53.8 Å². The van der Waals surface area contributed by atoms with Gasteiger partial charge in [-0.25, -0.2) is 4.79 Å². The van der Waals surface area contributed by atoms with Crippen LogP contribution in [-0.4, -0.2) is 81.3 Å². The minimum absolute atomic E-state index is 0.00615. The summed E-state index contributed by atoms with van der Waals surface area (Å²) >= 11 is 0. The third-order valence-corrected chi connectivity index (χ3v) is 8.06. The zero-order chi connectivity index (χ0) is 35.5. The van der Waals surface area contributed by atoms with Crippen molar-refractivity contribution in [2.45, 2.75) is 62.7 Å². The van der Waals surface area contributed by atoms with Gasteiger partial charge in [0.15, 0.2) is 5.96 Å². The van der Waals surface area contributed by atoms with Crippen LogP contribution in [0.15, 0.2) is 65.9 Å². The number of nitrogens with two attached hydrogens (primary N) is 4. The van der Waals surface area contributed by atoms with Crippen LogP contribution in [0.3, 0.4) is 0 Å². The molecular weight excluding hydrogens is 632 g/mol. The molecule has 0 spiro atoms. The topological polar surface area (TPSA) is 290 Å². The average Bonchev–Trinajstić information content (AvgIpc) is 3.67. The average molecular weight is 675 g/mol. The number of nitrogens with one attached hydrogen (secondary N) is 5. The van der Waals surface area contributed by atoms with E-state index in [-0.39, 0.29) is 51.0 Å². The Kier molecular flexibility index (Phi) is 12.3. The smallest absolute Gasteiger partial charge is 0.326 e. The summed E-state index contributed by atoms with van der Waals surface area (Å²) in [6.07, 6.45) is 3.58. The monoisotopic (exact) mass is 674 g/mol. The molecule has 4 aromatic rings. The second-order valence-corrected chi connectivity index (χ2v) is 11.7. The van der Waals surface area contributed by atoms with Gasteiger partial charge in [-0.3, -0.25) is 24.2 Å². The number of H-pyrrole nitrogens is 2. The van der Waals surface area contributed by atoms with Crippen molar-refractivity contribution < 1.29 is 29.1 Å². The van der Waals surface area contributed by atoms with E-state index in [1.165, 1.54) is 0 Å². The highest BCUT2D eigenvalue weighted by atomic mass is 16.4. The first-order valence-corrected chi connectivity index (χ1v) is 15.8. The molecule has 0 saturated heterocycles. The predicted molar refractivity (Wildman–Crippen MR) is 184 cm³/mol. The molecule has 0 radical (unpaired) electrons. The number of carbonyl (C=O) groups excluding carboxylic acids is 4. The predicted octanol–water partition coefficient (Wildman–Crippen LogP) is -0.380. The number of aromatic amines is 2. The lowest BCUT2D eigenvalue weighted by Crippen LogP contribution is -2.58. The standard InChI is InChI=1S/C33H42N10O6/c34-22(11-12-28(35)44)29(45)42-26(14-18-16-39-23-8-3-1-6-20(18)23)31(47)43-27(15-19-17-40-24-9-4-2-7-21(19)24)30(46)41-25(32(48)49)10-5-13-38-33(36)37/h1-4,6-9,16-17,22,25-27,39-40H,5,10-15,34H2,(H2,35,44)(H,41,46)(H,42,45)(H,43,47)(H,48,49)(H4,36,37,38)/t22-,25-,26-,27-/m0/s1. The summed E-state index contributed by atoms with van der Waals surface area (Å²) in [5.41, 5.74) is 25.0. The van der Waals surface area contributed by atoms with E-state index in [9.17, 15) is 29.1 Å². The number of primary amides is 1. The number of aliphatic carboxylic acids is 1. The molecule has 2 aromatic heterocycles. The molecule has 2 aromatic carbocycles. The van der Waals surface area contributed by atoms with Crippen LogP contribution in [0.25, 0.3) is 21.8 Å². The van der Waals surface area contributed by atoms with E-state index in [2.05, 4.69) is 30.9 Å². The number of nitrogens with zero attached hydrogens (tertiary/aromatic N) is 1. The van der Waals surface area contributed by atoms with Crippen LogP contribution in [0.5, 0.6) is 0 Å². The molecule has 0 aliphatic carbocycles. The molecule has 16 heteroatoms. The second-order valence-electron chi connectivity index (χ2n) is 11.7. The van der Waals surface area contributed by atoms with Crippen LogP contribution in [0.4, 0.5) is 0 Å². The Morgan fingerprint density at radius 1 is 0.714 bits per heavy atom. The Hall–Kier alpha value is -5.90. The molecule has 0 fully saturated rings. The lowest BCUT2D eigenvalue weighted by molar-refractivity contribution is -0.142. The zero-order valence-corrected chi connectivity index (χ0v) is 26.8. The molecule has 2 heterocycles. The van der Waals surface area contributed by atoms with E-state index in [4.69, 9.17) is 22.9 Å². The molecule has 260 valence electrons. The molecule has 4 amide bonds. The van der Waals surface area contributed by atoms with Crippen LogP contribution in [-0.2, 0) is 36.8 Å². The van der Waals surface area contributed by atoms with Crippen LogP contribution in [0, 0.1) is 0 Å². The quantitative estimate of drug-likeness (QED) is 0.0373. The van der Waals surface area contributed by atoms with Crippen LogP contribution in [0.1, 0.15) is 36.8 Å². The molecule has 0 unspecified atom stereocenters. The molecule has 0 bridgehead atoms. The molecule has 16 nitrogen and oxygen atoms in total. The lowest BCUT2D eigenvalue weighted by Gasteiger charge is -2.25. The summed E-state index contributed by atoms with van der Waals surface area (Å²) in [7, 11) is 0. The second kappa shape index (κ2) is 16.8. The van der Waals surface area contributed by atoms with E-state index in [0.717, 1.165) is 21.8 Å². The molecule has 4 rings (SSSR count). The summed E-state index contributed by atoms with van der Waals surface area (Å²) < 4.78 is 0. The van der Waals surface area contributed by atoms with Gasteiger partial charge in [0.1, 0.15) is 18.1 Å². The van der Waals surface area contributed by atoms with Crippen molar-refractivity contribution in [3.63, 3.8) is 0 Å². The SMILES string of the molecule is NC(=O)CC[C@H](N)C(=O)N[C@@H](Cc1c[nH]c2ccccc12)C(=O)N[C@@H](Cc1c[nH]c2ccccc12)C(=O)N[C@@H](CCCN=C(N)N)C(=O)O. The molecular formula is C33H42N10O6. The normalized spacial score (nSPS) is 13.6. The van der Waals surface area contributed by atoms with Gasteiger partial charge in [0.2, 0.25) is 23.6 Å². The van der Waals surface area contributed by atoms with Gasteiger partial charge in [-0.05, 0) is 42.5 Å². The Bertz CT molecular complexity index is 1830. The van der Waals surface area contributed by atoms with Gasteiger partial charge in [0, 0.05) is 60.0 Å². The maximum atomic E-state index is 14.0. The van der Waals surface area contributed by atoms with Gasteiger partial charge < -0.3 is 54.0 Å². The first-order chi connectivity index (χ1) is 23.4. The zero-order valence-electron chi connectivity index (χ0n) is 26.8. The molecule has 4 atom stereocenters. The van der Waals surface area contributed by atoms with E-state index >= 15 is 0 Å². The van der Waals surface area contributed by atoms with Crippen LogP contribution >= 0.6 is 0 Å². The van der Waals surface area contributed by atoms with Gasteiger partial charge >= 0.3 is 5.97 Å². The lowest BCUT2D eigenvalue weighted by atomic mass is 10.0. The molecule has 0 aliphatic rings. The van der Waals surface area contributed by atoms with E-state index in [0.29, 0.717) is 11.1 Å². The highest BCUT2D eigenvalue weighted by Crippen LogP contribution is 2.21. The number of hydrogen-bond donors (Lipinski definition) is 10. The summed E-state index contributed by atoms with van der Waals surface area (Å²) in [6, 6.07) is 9.92. The molecule has 14 N–H and O–H groups in total. The van der Waals surface area contributed by atoms with Crippen molar-refractivity contribution in [2.24, 2.45) is 27.9 Å². The fourth-order valence-electron chi connectivity index (χ4n) is 5.47. The fourth-order valence-corrected chi connectivity index (χ4v) is 5.47. The molecule has 0 aliphatic heterocycles. The number of hydrogen-bond acceptors (Lipinski definition) is 7. The number of aliphatic imine (C=N–C) groups is 1. The van der Waals surface area contributed by atoms with Crippen molar-refractivity contribution in [3.05, 3.63) is 72.1 Å². The number of rotatable bonds is 18. The molecule has 0 saturated carbocycles. The van der Waals surface area contributed by atoms with Gasteiger partial charge in [-0.15, -0.1) is 0 Å². The van der Waals surface area contributed by atoms with Crippen LogP contribution in [0.2, 0.25) is 0 Å². The van der Waals surface area contributed by atoms with Crippen LogP contribution < -0.4 is 38.9 Å². The fraction of sp³-hybridized carbons (Fsp3) is 0.333. The first kappa shape index (κ1) is 35.9. The maximum absolute atomic E-state index is 14.0. The molecule has 49 heavy (non-hydrogen) atoms. The number of carboxylic acid groups (broad SMARTS) is 1. The maximum Gasteiger partial charge on any atom is 0.326 e. The van der Waals surface area contributed by atoms with Crippen molar-refractivity contribution in [1.29, 1.82) is 0 Å². The summed E-state index contributed by atoms with van der Waals surface area (Å²) in [5, 5.41) is 19.4. The van der Waals surface area contributed by atoms with Crippen molar-refractivity contribution in [3.8, 4) is 0 Å². The van der Waals surface area contributed by atoms with Gasteiger partial charge in [-0.1, -0.05) is 36.4 Å². The third-order valence-electron chi connectivity index (χ3n) is 8.06. The Morgan fingerprint density at radius 2 is 1.20 bits per heavy atom. The van der Waals surface area contributed by atoms with E-state index in [1.54, 1.807) is 12.4 Å². The van der Waals surface area contributed by atoms with Crippen molar-refractivity contribution in [2.75, 3.05) is 6.54 Å². The van der Waals surface area contributed by atoms with Crippen molar-refractivity contribution in [1.82, 2.24) is 25.9 Å². The number of benzene rings is 2. The highest BCUT2D eigenvalue weighted by molar-refractivity contribution is 5.95. The number of fused-ring (bicyclic) bond motifs is 2. The Balaban J connectivity index is 1.61. The first-order valence-electron chi connectivity index (χ1n) is 15.8. The third kappa shape index (κ3) is 10.0.